The van der Waals surface area contributed by atoms with Crippen LogP contribution in [-0.4, -0.2) is 36.4 Å². The maximum absolute atomic E-state index is 8.85. The molecule has 0 radical (unpaired) electrons. The Labute approximate surface area is 116 Å². The van der Waals surface area contributed by atoms with Crippen LogP contribution in [0.3, 0.4) is 0 Å². The van der Waals surface area contributed by atoms with Gasteiger partial charge in [-0.2, -0.15) is 0 Å². The summed E-state index contributed by atoms with van der Waals surface area (Å²) in [5.74, 6) is 0.548. The average molecular weight is 275 g/mol. The predicted molar refractivity (Wildman–Crippen MR) is 76.2 cm³/mol. The maximum Gasteiger partial charge on any atom is 0.175 e. The number of methoxy groups -OCH3 is 1. The molecule has 6 nitrogen and oxygen atoms in total. The molecule has 0 unspecified atom stereocenters. The van der Waals surface area contributed by atoms with Crippen molar-refractivity contribution in [3.8, 4) is 5.75 Å². The van der Waals surface area contributed by atoms with Crippen molar-refractivity contribution in [1.29, 1.82) is 0 Å². The second-order valence-electron chi connectivity index (χ2n) is 4.20. The minimum Gasteiger partial charge on any atom is -0.492 e. The molecule has 0 aliphatic heterocycles. The first kappa shape index (κ1) is 14.1. The fraction of sp³-hybridized carbons (Fsp3) is 0.286. The van der Waals surface area contributed by atoms with E-state index in [2.05, 4.69) is 10.1 Å². The molecule has 0 aliphatic carbocycles. The number of rotatable bonds is 6. The SMILES string of the molecule is COCCCOc1c(/C(N)=N/O)cnc2ccccc12. The van der Waals surface area contributed by atoms with Crippen LogP contribution in [0.25, 0.3) is 10.9 Å². The van der Waals surface area contributed by atoms with Crippen molar-refractivity contribution >= 4 is 16.7 Å². The largest absolute Gasteiger partial charge is 0.492 e. The Morgan fingerprint density at radius 1 is 1.35 bits per heavy atom. The van der Waals surface area contributed by atoms with Gasteiger partial charge in [0.2, 0.25) is 0 Å². The summed E-state index contributed by atoms with van der Waals surface area (Å²) in [6.45, 7) is 1.09. The Hall–Kier alpha value is -2.34. The summed E-state index contributed by atoms with van der Waals surface area (Å²) in [7, 11) is 1.64. The molecule has 0 saturated heterocycles. The molecule has 6 heteroatoms. The number of hydrogen-bond acceptors (Lipinski definition) is 5. The van der Waals surface area contributed by atoms with Crippen molar-refractivity contribution in [2.45, 2.75) is 6.42 Å². The molecular weight excluding hydrogens is 258 g/mol. The molecule has 20 heavy (non-hydrogen) atoms. The highest BCUT2D eigenvalue weighted by Gasteiger charge is 2.13. The molecule has 1 aromatic heterocycles. The number of amidine groups is 1. The van der Waals surface area contributed by atoms with E-state index in [1.54, 1.807) is 13.3 Å². The van der Waals surface area contributed by atoms with E-state index in [0.717, 1.165) is 17.3 Å². The average Bonchev–Trinajstić information content (AvgIpc) is 2.50. The van der Waals surface area contributed by atoms with Gasteiger partial charge in [0.05, 0.1) is 17.7 Å². The van der Waals surface area contributed by atoms with Crippen LogP contribution >= 0.6 is 0 Å². The number of aromatic nitrogens is 1. The standard InChI is InChI=1S/C14H17N3O3/c1-19-7-4-8-20-13-10-5-2-3-6-12(10)16-9-11(13)14(15)17-18/h2-3,5-6,9,18H,4,7-8H2,1H3,(H2,15,17). The molecule has 0 aliphatic rings. The summed E-state index contributed by atoms with van der Waals surface area (Å²) in [5, 5.41) is 12.7. The molecule has 0 fully saturated rings. The van der Waals surface area contributed by atoms with Gasteiger partial charge in [-0.3, -0.25) is 4.98 Å². The van der Waals surface area contributed by atoms with Gasteiger partial charge >= 0.3 is 0 Å². The monoisotopic (exact) mass is 275 g/mol. The zero-order chi connectivity index (χ0) is 14.4. The van der Waals surface area contributed by atoms with Crippen molar-refractivity contribution in [2.24, 2.45) is 10.9 Å². The number of ether oxygens (including phenoxy) is 2. The smallest absolute Gasteiger partial charge is 0.175 e. The van der Waals surface area contributed by atoms with Gasteiger partial charge in [0, 0.05) is 31.7 Å². The summed E-state index contributed by atoms with van der Waals surface area (Å²) in [5.41, 5.74) is 6.94. The van der Waals surface area contributed by atoms with Crippen LogP contribution in [0.15, 0.2) is 35.6 Å². The van der Waals surface area contributed by atoms with Gasteiger partial charge in [-0.15, -0.1) is 0 Å². The van der Waals surface area contributed by atoms with Gasteiger partial charge in [-0.05, 0) is 12.1 Å². The van der Waals surface area contributed by atoms with Gasteiger partial charge in [-0.25, -0.2) is 0 Å². The lowest BCUT2D eigenvalue weighted by Crippen LogP contribution is -2.16. The van der Waals surface area contributed by atoms with E-state index in [4.69, 9.17) is 20.4 Å². The van der Waals surface area contributed by atoms with E-state index in [1.165, 1.54) is 0 Å². The number of benzene rings is 1. The van der Waals surface area contributed by atoms with E-state index in [9.17, 15) is 0 Å². The summed E-state index contributed by atoms with van der Waals surface area (Å²) in [4.78, 5) is 4.28. The van der Waals surface area contributed by atoms with Crippen molar-refractivity contribution in [1.82, 2.24) is 4.98 Å². The number of nitrogens with zero attached hydrogens (tertiary/aromatic N) is 2. The first-order valence-corrected chi connectivity index (χ1v) is 6.25. The van der Waals surface area contributed by atoms with Crippen LogP contribution in [0.4, 0.5) is 0 Å². The first-order valence-electron chi connectivity index (χ1n) is 6.25. The van der Waals surface area contributed by atoms with Crippen LogP contribution < -0.4 is 10.5 Å². The molecule has 106 valence electrons. The normalized spacial score (nSPS) is 11.8. The van der Waals surface area contributed by atoms with Crippen LogP contribution in [0.5, 0.6) is 5.75 Å². The van der Waals surface area contributed by atoms with Crippen molar-refractivity contribution in [2.75, 3.05) is 20.3 Å². The van der Waals surface area contributed by atoms with Gasteiger partial charge in [0.1, 0.15) is 5.75 Å². The van der Waals surface area contributed by atoms with Crippen LogP contribution in [0.2, 0.25) is 0 Å². The highest BCUT2D eigenvalue weighted by atomic mass is 16.5. The highest BCUT2D eigenvalue weighted by molar-refractivity contribution is 6.04. The molecule has 3 N–H and O–H groups in total. The second-order valence-corrected chi connectivity index (χ2v) is 4.20. The topological polar surface area (TPSA) is 90.0 Å². The molecule has 0 amide bonds. The van der Waals surface area contributed by atoms with Crippen molar-refractivity contribution in [3.05, 3.63) is 36.0 Å². The lowest BCUT2D eigenvalue weighted by Gasteiger charge is -2.13. The molecule has 0 bridgehead atoms. The van der Waals surface area contributed by atoms with Crippen molar-refractivity contribution in [3.63, 3.8) is 0 Å². The summed E-state index contributed by atoms with van der Waals surface area (Å²) in [6.07, 6.45) is 2.30. The predicted octanol–water partition coefficient (Wildman–Crippen LogP) is 1.74. The maximum atomic E-state index is 8.85. The van der Waals surface area contributed by atoms with E-state index in [0.29, 0.717) is 24.5 Å². The third-order valence-electron chi connectivity index (χ3n) is 2.85. The molecule has 0 saturated carbocycles. The lowest BCUT2D eigenvalue weighted by atomic mass is 10.1. The minimum absolute atomic E-state index is 0.0232. The van der Waals surface area contributed by atoms with E-state index >= 15 is 0 Å². The van der Waals surface area contributed by atoms with Crippen LogP contribution in [0.1, 0.15) is 12.0 Å². The second kappa shape index (κ2) is 6.72. The van der Waals surface area contributed by atoms with Crippen LogP contribution in [0, 0.1) is 0 Å². The Bertz CT molecular complexity index is 614. The summed E-state index contributed by atoms with van der Waals surface area (Å²) in [6, 6.07) is 7.56. The van der Waals surface area contributed by atoms with Gasteiger partial charge < -0.3 is 20.4 Å². The molecule has 0 atom stereocenters. The number of fused-ring (bicyclic) bond motifs is 1. The number of para-hydroxylation sites is 1. The Morgan fingerprint density at radius 3 is 2.90 bits per heavy atom. The fourth-order valence-corrected chi connectivity index (χ4v) is 1.89. The molecule has 1 heterocycles. The van der Waals surface area contributed by atoms with Crippen LogP contribution in [-0.2, 0) is 4.74 Å². The van der Waals surface area contributed by atoms with Gasteiger partial charge in [0.15, 0.2) is 5.84 Å². The van der Waals surface area contributed by atoms with Crippen molar-refractivity contribution < 1.29 is 14.7 Å². The Morgan fingerprint density at radius 2 is 2.15 bits per heavy atom. The summed E-state index contributed by atoms with van der Waals surface area (Å²) >= 11 is 0. The zero-order valence-corrected chi connectivity index (χ0v) is 11.2. The lowest BCUT2D eigenvalue weighted by molar-refractivity contribution is 0.172. The highest BCUT2D eigenvalue weighted by Crippen LogP contribution is 2.28. The van der Waals surface area contributed by atoms with Gasteiger partial charge in [0.25, 0.3) is 0 Å². The number of oxime groups is 1. The fourth-order valence-electron chi connectivity index (χ4n) is 1.89. The number of nitrogens with two attached hydrogens (primary N) is 1. The Balaban J connectivity index is 2.39. The minimum atomic E-state index is -0.0232. The zero-order valence-electron chi connectivity index (χ0n) is 11.2. The first-order chi connectivity index (χ1) is 9.77. The molecule has 1 aromatic carbocycles. The molecule has 0 spiro atoms. The molecule has 2 aromatic rings. The van der Waals surface area contributed by atoms with E-state index in [-0.39, 0.29) is 5.84 Å². The van der Waals surface area contributed by atoms with Gasteiger partial charge in [-0.1, -0.05) is 17.3 Å². The van der Waals surface area contributed by atoms with E-state index in [1.807, 2.05) is 24.3 Å². The molecule has 2 rings (SSSR count). The quantitative estimate of drug-likeness (QED) is 0.275. The molecular formula is C14H17N3O3. The third kappa shape index (κ3) is 2.97. The Kier molecular flexibility index (Phi) is 4.73. The number of pyridine rings is 1. The third-order valence-corrected chi connectivity index (χ3v) is 2.85. The van der Waals surface area contributed by atoms with E-state index < -0.39 is 0 Å². The number of hydrogen-bond donors (Lipinski definition) is 2. The summed E-state index contributed by atoms with van der Waals surface area (Å²) < 4.78 is 10.8.